The minimum absolute atomic E-state index is 0.0106. The van der Waals surface area contributed by atoms with Crippen molar-refractivity contribution in [2.45, 2.75) is 69.6 Å². The van der Waals surface area contributed by atoms with Gasteiger partial charge in [-0.05, 0) is 72.5 Å². The zero-order chi connectivity index (χ0) is 24.1. The number of alkyl halides is 3. The molecule has 2 fully saturated rings. The van der Waals surface area contributed by atoms with Gasteiger partial charge < -0.3 is 14.7 Å². The number of halogens is 3. The Morgan fingerprint density at radius 3 is 2.41 bits per heavy atom. The second-order valence-corrected chi connectivity index (χ2v) is 9.54. The molecule has 0 radical (unpaired) electrons. The number of hydrogen-bond acceptors (Lipinski definition) is 3. The van der Waals surface area contributed by atoms with Crippen LogP contribution in [0.25, 0.3) is 0 Å². The highest BCUT2D eigenvalue weighted by Crippen LogP contribution is 2.41. The number of carboxylic acid groups (broad SMARTS) is 1. The molecular weight excluding hydrogens is 443 g/mol. The van der Waals surface area contributed by atoms with Gasteiger partial charge in [-0.25, -0.2) is 0 Å². The molecule has 1 heterocycles. The Labute approximate surface area is 198 Å². The molecule has 4 rings (SSSR count). The van der Waals surface area contributed by atoms with Crippen molar-refractivity contribution in [3.05, 3.63) is 64.7 Å². The van der Waals surface area contributed by atoms with E-state index in [4.69, 9.17) is 9.84 Å². The Morgan fingerprint density at radius 1 is 1.00 bits per heavy atom. The monoisotopic (exact) mass is 475 g/mol. The number of benzene rings is 2. The van der Waals surface area contributed by atoms with Crippen LogP contribution < -0.4 is 4.74 Å². The summed E-state index contributed by atoms with van der Waals surface area (Å²) in [4.78, 5) is 12.9. The Kier molecular flexibility index (Phi) is 7.81. The number of nitrogens with zero attached hydrogens (tertiary/aromatic N) is 1. The summed E-state index contributed by atoms with van der Waals surface area (Å²) in [7, 11) is 0. The third-order valence-electron chi connectivity index (χ3n) is 7.14. The normalized spacial score (nSPS) is 19.9. The first-order valence-corrected chi connectivity index (χ1v) is 12.2. The van der Waals surface area contributed by atoms with E-state index in [2.05, 4.69) is 4.90 Å². The molecule has 1 aliphatic heterocycles. The van der Waals surface area contributed by atoms with E-state index < -0.39 is 17.7 Å². The molecule has 1 atom stereocenters. The molecule has 34 heavy (non-hydrogen) atoms. The molecule has 1 saturated heterocycles. The minimum Gasteiger partial charge on any atom is -0.489 e. The lowest BCUT2D eigenvalue weighted by Gasteiger charge is -2.25. The highest BCUT2D eigenvalue weighted by Gasteiger charge is 2.35. The maximum Gasteiger partial charge on any atom is 0.416 e. The number of carbonyl (C=O) groups is 1. The lowest BCUT2D eigenvalue weighted by atomic mass is 9.81. The van der Waals surface area contributed by atoms with Crippen LogP contribution in [0.15, 0.2) is 42.5 Å². The molecule has 7 heteroatoms. The van der Waals surface area contributed by atoms with Crippen LogP contribution in [0.4, 0.5) is 13.2 Å². The molecule has 1 saturated carbocycles. The second kappa shape index (κ2) is 10.8. The van der Waals surface area contributed by atoms with E-state index in [-0.39, 0.29) is 18.9 Å². The number of likely N-dealkylation sites (tertiary alicyclic amines) is 1. The Balaban J connectivity index is 1.36. The smallest absolute Gasteiger partial charge is 0.416 e. The van der Waals surface area contributed by atoms with Crippen molar-refractivity contribution in [2.24, 2.45) is 0 Å². The number of hydrogen-bond donors (Lipinski definition) is 1. The third-order valence-corrected chi connectivity index (χ3v) is 7.14. The molecule has 0 aromatic heterocycles. The molecule has 184 valence electrons. The fourth-order valence-corrected chi connectivity index (χ4v) is 5.27. The molecule has 1 aliphatic carbocycles. The maximum absolute atomic E-state index is 13.8. The first-order valence-electron chi connectivity index (χ1n) is 12.2. The fourth-order valence-electron chi connectivity index (χ4n) is 5.27. The van der Waals surface area contributed by atoms with E-state index in [1.807, 2.05) is 24.3 Å². The Hall–Kier alpha value is -2.54. The first-order chi connectivity index (χ1) is 16.3. The molecule has 1 unspecified atom stereocenters. The van der Waals surface area contributed by atoms with Crippen LogP contribution >= 0.6 is 0 Å². The SMILES string of the molecule is O=C(O)CCN1CCC(c2ccc(OCc3ccc(C4CCCCC4)c(C(F)(F)F)c3)cc2)C1. The van der Waals surface area contributed by atoms with Gasteiger partial charge in [0, 0.05) is 13.1 Å². The van der Waals surface area contributed by atoms with Gasteiger partial charge in [0.2, 0.25) is 0 Å². The summed E-state index contributed by atoms with van der Waals surface area (Å²) < 4.78 is 47.1. The average molecular weight is 476 g/mol. The van der Waals surface area contributed by atoms with Gasteiger partial charge >= 0.3 is 12.1 Å². The zero-order valence-electron chi connectivity index (χ0n) is 19.3. The summed E-state index contributed by atoms with van der Waals surface area (Å²) in [5.74, 6) is 0.179. The van der Waals surface area contributed by atoms with E-state index in [0.717, 1.165) is 51.6 Å². The predicted octanol–water partition coefficient (Wildman–Crippen LogP) is 6.60. The van der Waals surface area contributed by atoms with Crippen LogP contribution in [0.1, 0.15) is 79.0 Å². The van der Waals surface area contributed by atoms with Gasteiger partial charge in [-0.15, -0.1) is 0 Å². The summed E-state index contributed by atoms with van der Waals surface area (Å²) in [6, 6.07) is 12.4. The quantitative estimate of drug-likeness (QED) is 0.468. The van der Waals surface area contributed by atoms with Crippen molar-refractivity contribution >= 4 is 5.97 Å². The van der Waals surface area contributed by atoms with Crippen molar-refractivity contribution in [2.75, 3.05) is 19.6 Å². The standard InChI is InChI=1S/C27H32F3NO3/c28-27(29,30)25-16-19(6-11-24(25)21-4-2-1-3-5-21)18-34-23-9-7-20(8-10-23)22-12-14-31(17-22)15-13-26(32)33/h6-11,16,21-22H,1-5,12-15,17-18H2,(H,32,33). The maximum atomic E-state index is 13.8. The number of ether oxygens (including phenoxy) is 1. The molecule has 2 aliphatic rings. The molecule has 0 bridgehead atoms. The van der Waals surface area contributed by atoms with Crippen molar-refractivity contribution in [1.82, 2.24) is 4.90 Å². The second-order valence-electron chi connectivity index (χ2n) is 9.54. The van der Waals surface area contributed by atoms with Gasteiger partial charge in [0.15, 0.2) is 0 Å². The number of rotatable bonds is 8. The predicted molar refractivity (Wildman–Crippen MR) is 124 cm³/mol. The molecule has 1 N–H and O–H groups in total. The molecule has 0 amide bonds. The largest absolute Gasteiger partial charge is 0.489 e. The summed E-state index contributed by atoms with van der Waals surface area (Å²) in [6.45, 7) is 2.36. The van der Waals surface area contributed by atoms with Gasteiger partial charge in [0.05, 0.1) is 12.0 Å². The van der Waals surface area contributed by atoms with Crippen LogP contribution in [0.5, 0.6) is 5.75 Å². The summed E-state index contributed by atoms with van der Waals surface area (Å²) in [5, 5.41) is 8.85. The molecular formula is C27H32F3NO3. The molecule has 0 spiro atoms. The zero-order valence-corrected chi connectivity index (χ0v) is 19.3. The van der Waals surface area contributed by atoms with Gasteiger partial charge in [0.1, 0.15) is 12.4 Å². The van der Waals surface area contributed by atoms with Crippen LogP contribution in [-0.2, 0) is 17.6 Å². The summed E-state index contributed by atoms with van der Waals surface area (Å²) in [6.07, 6.45) is 1.49. The highest BCUT2D eigenvalue weighted by atomic mass is 19.4. The van der Waals surface area contributed by atoms with Crippen molar-refractivity contribution in [3.63, 3.8) is 0 Å². The van der Waals surface area contributed by atoms with E-state index in [1.165, 1.54) is 11.6 Å². The van der Waals surface area contributed by atoms with Gasteiger partial charge in [-0.2, -0.15) is 13.2 Å². The van der Waals surface area contributed by atoms with E-state index >= 15 is 0 Å². The van der Waals surface area contributed by atoms with Crippen molar-refractivity contribution in [3.8, 4) is 5.75 Å². The van der Waals surface area contributed by atoms with Gasteiger partial charge in [-0.3, -0.25) is 4.79 Å². The topological polar surface area (TPSA) is 49.8 Å². The third kappa shape index (κ3) is 6.32. The fraction of sp³-hybridized carbons (Fsp3) is 0.519. The highest BCUT2D eigenvalue weighted by molar-refractivity contribution is 5.66. The number of aliphatic carboxylic acids is 1. The lowest BCUT2D eigenvalue weighted by Crippen LogP contribution is -2.23. The van der Waals surface area contributed by atoms with E-state index in [1.54, 1.807) is 12.1 Å². The first kappa shape index (κ1) is 24.6. The van der Waals surface area contributed by atoms with Crippen LogP contribution in [0.3, 0.4) is 0 Å². The van der Waals surface area contributed by atoms with Gasteiger partial charge in [-0.1, -0.05) is 43.5 Å². The summed E-state index contributed by atoms with van der Waals surface area (Å²) in [5.41, 5.74) is 1.58. The van der Waals surface area contributed by atoms with Crippen molar-refractivity contribution in [1.29, 1.82) is 0 Å². The minimum atomic E-state index is -4.37. The van der Waals surface area contributed by atoms with Crippen LogP contribution in [0, 0.1) is 0 Å². The Bertz CT molecular complexity index is 968. The number of carboxylic acids is 1. The van der Waals surface area contributed by atoms with E-state index in [9.17, 15) is 18.0 Å². The molecule has 4 nitrogen and oxygen atoms in total. The Morgan fingerprint density at radius 2 is 1.74 bits per heavy atom. The van der Waals surface area contributed by atoms with Gasteiger partial charge in [0.25, 0.3) is 0 Å². The van der Waals surface area contributed by atoms with Crippen LogP contribution in [-0.4, -0.2) is 35.6 Å². The lowest BCUT2D eigenvalue weighted by molar-refractivity contribution is -0.139. The molecule has 2 aromatic carbocycles. The molecule has 2 aromatic rings. The average Bonchev–Trinajstić information content (AvgIpc) is 3.31. The van der Waals surface area contributed by atoms with Crippen molar-refractivity contribution < 1.29 is 27.8 Å². The van der Waals surface area contributed by atoms with Crippen LogP contribution in [0.2, 0.25) is 0 Å². The van der Waals surface area contributed by atoms with E-state index in [0.29, 0.717) is 29.3 Å². The summed E-state index contributed by atoms with van der Waals surface area (Å²) >= 11 is 0.